The predicted molar refractivity (Wildman–Crippen MR) is 103 cm³/mol. The average molecular weight is 378 g/mol. The predicted octanol–water partition coefficient (Wildman–Crippen LogP) is 5.09. The molecule has 1 saturated carbocycles. The molecule has 0 saturated heterocycles. The van der Waals surface area contributed by atoms with Gasteiger partial charge < -0.3 is 15.8 Å². The molecule has 1 aliphatic carbocycles. The number of benzene rings is 2. The Hall–Kier alpha value is -2.31. The van der Waals surface area contributed by atoms with Crippen LogP contribution in [0.1, 0.15) is 38.2 Å². The molecule has 2 aromatic carbocycles. The van der Waals surface area contributed by atoms with Gasteiger partial charge >= 0.3 is 0 Å². The van der Waals surface area contributed by atoms with Gasteiger partial charge in [0.05, 0.1) is 17.3 Å². The monoisotopic (exact) mass is 378 g/mol. The van der Waals surface area contributed by atoms with Crippen LogP contribution in [0, 0.1) is 17.5 Å². The molecule has 0 spiro atoms. The summed E-state index contributed by atoms with van der Waals surface area (Å²) < 4.78 is 40.9. The van der Waals surface area contributed by atoms with E-state index >= 15 is 0 Å². The lowest BCUT2D eigenvalue weighted by atomic mass is 9.76. The van der Waals surface area contributed by atoms with Crippen LogP contribution in [0.15, 0.2) is 36.4 Å². The highest BCUT2D eigenvalue weighted by Crippen LogP contribution is 2.45. The molecule has 1 fully saturated rings. The zero-order chi connectivity index (χ0) is 20.1. The van der Waals surface area contributed by atoms with Gasteiger partial charge in [0.15, 0.2) is 0 Å². The molecule has 6 heteroatoms. The molecule has 0 atom stereocenters. The fourth-order valence-electron chi connectivity index (χ4n) is 3.33. The summed E-state index contributed by atoms with van der Waals surface area (Å²) in [7, 11) is 1.50. The lowest BCUT2D eigenvalue weighted by Gasteiger charge is -2.32. The van der Waals surface area contributed by atoms with E-state index in [-0.39, 0.29) is 23.4 Å². The van der Waals surface area contributed by atoms with Crippen LogP contribution in [0.5, 0.6) is 0 Å². The molecule has 4 N–H and O–H groups in total. The van der Waals surface area contributed by atoms with Crippen LogP contribution >= 0.6 is 0 Å². The van der Waals surface area contributed by atoms with Crippen LogP contribution < -0.4 is 5.73 Å². The number of hydrogen-bond acceptors (Lipinski definition) is 2. The smallest absolute Gasteiger partial charge is 0.150 e. The normalized spacial score (nSPS) is 18.1. The van der Waals surface area contributed by atoms with Crippen molar-refractivity contribution in [3.8, 4) is 11.3 Å². The molecule has 3 nitrogen and oxygen atoms in total. The molecule has 0 bridgehead atoms. The van der Waals surface area contributed by atoms with Crippen LogP contribution in [0.3, 0.4) is 0 Å². The Morgan fingerprint density at radius 1 is 0.963 bits per heavy atom. The zero-order valence-corrected chi connectivity index (χ0v) is 15.7. The number of H-pyrrole nitrogens is 1. The van der Waals surface area contributed by atoms with Crippen molar-refractivity contribution in [2.45, 2.75) is 38.7 Å². The lowest BCUT2D eigenvalue weighted by Crippen LogP contribution is -2.26. The summed E-state index contributed by atoms with van der Waals surface area (Å²) in [4.78, 5) is 3.01. The fraction of sp³-hybridized carbons (Fsp3) is 0.333. The standard InChI is InChI=1S/C18H14F3NO.C2H6.CH5N/c19-11-3-1-9(2-4-11)17-16(10-5-13(23)6-10)14-7-12(20)8-15(21)18(14)22-17;2*1-2/h1-4,7-8,10,13,22-23H,5-6H2;1-2H3;2H2,1H3. The molecule has 0 amide bonds. The molecule has 0 aliphatic heterocycles. The van der Waals surface area contributed by atoms with Crippen molar-refractivity contribution in [2.75, 3.05) is 7.05 Å². The van der Waals surface area contributed by atoms with Crippen molar-refractivity contribution in [1.82, 2.24) is 4.98 Å². The molecule has 1 aromatic heterocycles. The summed E-state index contributed by atoms with van der Waals surface area (Å²) in [6.45, 7) is 4.00. The van der Waals surface area contributed by atoms with Crippen LogP contribution in [-0.2, 0) is 0 Å². The van der Waals surface area contributed by atoms with Gasteiger partial charge in [0, 0.05) is 11.5 Å². The lowest BCUT2D eigenvalue weighted by molar-refractivity contribution is 0.0753. The molecular formula is C21H25F3N2O. The van der Waals surface area contributed by atoms with E-state index in [1.807, 2.05) is 13.8 Å². The molecule has 1 heterocycles. The van der Waals surface area contributed by atoms with E-state index in [2.05, 4.69) is 10.7 Å². The molecule has 1 aliphatic rings. The number of nitrogens with one attached hydrogen (secondary N) is 1. The summed E-state index contributed by atoms with van der Waals surface area (Å²) >= 11 is 0. The highest BCUT2D eigenvalue weighted by molar-refractivity contribution is 5.92. The van der Waals surface area contributed by atoms with Crippen molar-refractivity contribution in [2.24, 2.45) is 5.73 Å². The maximum Gasteiger partial charge on any atom is 0.150 e. The second kappa shape index (κ2) is 9.06. The minimum Gasteiger partial charge on any atom is -0.393 e. The summed E-state index contributed by atoms with van der Waals surface area (Å²) in [5.74, 6) is -1.63. The molecule has 27 heavy (non-hydrogen) atoms. The number of fused-ring (bicyclic) bond motifs is 1. The number of aliphatic hydroxyl groups is 1. The van der Waals surface area contributed by atoms with Gasteiger partial charge in [-0.2, -0.15) is 0 Å². The van der Waals surface area contributed by atoms with E-state index in [4.69, 9.17) is 0 Å². The third-order valence-corrected chi connectivity index (χ3v) is 4.52. The zero-order valence-electron chi connectivity index (χ0n) is 15.7. The summed E-state index contributed by atoms with van der Waals surface area (Å²) in [5, 5.41) is 10.1. The Bertz CT molecular complexity index is 885. The first-order valence-corrected chi connectivity index (χ1v) is 9.05. The quantitative estimate of drug-likeness (QED) is 0.581. The number of halogens is 3. The van der Waals surface area contributed by atoms with Gasteiger partial charge in [0.1, 0.15) is 17.5 Å². The van der Waals surface area contributed by atoms with Crippen LogP contribution in [0.4, 0.5) is 13.2 Å². The van der Waals surface area contributed by atoms with Crippen LogP contribution in [-0.4, -0.2) is 23.2 Å². The van der Waals surface area contributed by atoms with Crippen molar-refractivity contribution in [1.29, 1.82) is 0 Å². The third kappa shape index (κ3) is 4.17. The number of rotatable bonds is 2. The van der Waals surface area contributed by atoms with E-state index in [1.165, 1.54) is 25.2 Å². The Balaban J connectivity index is 0.000000614. The number of nitrogens with two attached hydrogens (primary N) is 1. The maximum atomic E-state index is 14.1. The minimum absolute atomic E-state index is 0.0278. The highest BCUT2D eigenvalue weighted by atomic mass is 19.1. The number of hydrogen-bond donors (Lipinski definition) is 3. The largest absolute Gasteiger partial charge is 0.393 e. The van der Waals surface area contributed by atoms with Gasteiger partial charge in [-0.15, -0.1) is 0 Å². The van der Waals surface area contributed by atoms with E-state index in [0.29, 0.717) is 29.5 Å². The van der Waals surface area contributed by atoms with Gasteiger partial charge in [-0.05, 0) is 67.3 Å². The summed E-state index contributed by atoms with van der Waals surface area (Å²) in [6.07, 6.45) is 0.725. The van der Waals surface area contributed by atoms with Gasteiger partial charge in [0.2, 0.25) is 0 Å². The van der Waals surface area contributed by atoms with Crippen molar-refractivity contribution < 1.29 is 18.3 Å². The fourth-order valence-corrected chi connectivity index (χ4v) is 3.33. The molecule has 3 aromatic rings. The van der Waals surface area contributed by atoms with Crippen molar-refractivity contribution in [3.63, 3.8) is 0 Å². The Morgan fingerprint density at radius 3 is 2.11 bits per heavy atom. The van der Waals surface area contributed by atoms with Gasteiger partial charge in [-0.25, -0.2) is 13.2 Å². The molecule has 0 unspecified atom stereocenters. The van der Waals surface area contributed by atoms with Crippen LogP contribution in [0.2, 0.25) is 0 Å². The maximum absolute atomic E-state index is 14.1. The van der Waals surface area contributed by atoms with Gasteiger partial charge in [0.25, 0.3) is 0 Å². The molecule has 146 valence electrons. The van der Waals surface area contributed by atoms with Gasteiger partial charge in [-0.1, -0.05) is 13.8 Å². The topological polar surface area (TPSA) is 62.0 Å². The third-order valence-electron chi connectivity index (χ3n) is 4.52. The first kappa shape index (κ1) is 21.0. The first-order valence-electron chi connectivity index (χ1n) is 9.05. The molecule has 4 rings (SSSR count). The Kier molecular flexibility index (Phi) is 7.05. The van der Waals surface area contributed by atoms with E-state index in [1.54, 1.807) is 12.1 Å². The Labute approximate surface area is 157 Å². The molecular weight excluding hydrogens is 353 g/mol. The van der Waals surface area contributed by atoms with E-state index < -0.39 is 11.6 Å². The molecule has 0 radical (unpaired) electrons. The Morgan fingerprint density at radius 2 is 1.56 bits per heavy atom. The summed E-state index contributed by atoms with van der Waals surface area (Å²) in [6, 6.07) is 8.02. The highest BCUT2D eigenvalue weighted by Gasteiger charge is 2.33. The number of aromatic amines is 1. The number of aliphatic hydroxyl groups excluding tert-OH is 1. The number of aromatic nitrogens is 1. The van der Waals surface area contributed by atoms with Crippen LogP contribution in [0.25, 0.3) is 22.2 Å². The summed E-state index contributed by atoms with van der Waals surface area (Å²) in [5.41, 5.74) is 6.89. The van der Waals surface area contributed by atoms with E-state index in [9.17, 15) is 18.3 Å². The SMILES string of the molecule is CC.CN.OC1CC(c2c(-c3ccc(F)cc3)[nH]c3c(F)cc(F)cc23)C1. The van der Waals surface area contributed by atoms with E-state index in [0.717, 1.165) is 11.6 Å². The average Bonchev–Trinajstić information content (AvgIpc) is 3.02. The minimum atomic E-state index is -0.658. The first-order chi connectivity index (χ1) is 13.0. The van der Waals surface area contributed by atoms with Crippen molar-refractivity contribution in [3.05, 3.63) is 59.4 Å². The van der Waals surface area contributed by atoms with Crippen molar-refractivity contribution >= 4 is 10.9 Å². The second-order valence-electron chi connectivity index (χ2n) is 6.05. The second-order valence-corrected chi connectivity index (χ2v) is 6.05. The van der Waals surface area contributed by atoms with Gasteiger partial charge in [-0.3, -0.25) is 0 Å².